The third-order valence-electron chi connectivity index (χ3n) is 5.84. The number of carbonyl (C=O) groups is 1. The summed E-state index contributed by atoms with van der Waals surface area (Å²) < 4.78 is 5.42. The quantitative estimate of drug-likeness (QED) is 0.558. The molecule has 0 radical (unpaired) electrons. The van der Waals surface area contributed by atoms with Crippen LogP contribution in [0.3, 0.4) is 0 Å². The van der Waals surface area contributed by atoms with Gasteiger partial charge in [-0.3, -0.25) is 9.69 Å². The van der Waals surface area contributed by atoms with Gasteiger partial charge < -0.3 is 14.7 Å². The van der Waals surface area contributed by atoms with Crippen molar-refractivity contribution in [2.24, 2.45) is 5.92 Å². The molecule has 3 aromatic rings. The van der Waals surface area contributed by atoms with Gasteiger partial charge in [-0.15, -0.1) is 0 Å². The number of nitrogens with one attached hydrogen (secondary N) is 1. The molecule has 0 aliphatic carbocycles. The van der Waals surface area contributed by atoms with Crippen LogP contribution in [-0.4, -0.2) is 54.2 Å². The number of amides is 1. The maximum Gasteiger partial charge on any atom is 0.241 e. The van der Waals surface area contributed by atoms with Gasteiger partial charge in [-0.2, -0.15) is 4.98 Å². The largest absolute Gasteiger partial charge is 0.373 e. The van der Waals surface area contributed by atoms with Crippen LogP contribution in [0, 0.1) is 5.92 Å². The van der Waals surface area contributed by atoms with Gasteiger partial charge in [-0.25, -0.2) is 0 Å². The van der Waals surface area contributed by atoms with E-state index in [0.717, 1.165) is 43.7 Å². The van der Waals surface area contributed by atoms with Crippen LogP contribution in [0.2, 0.25) is 5.02 Å². The Labute approximate surface area is 193 Å². The summed E-state index contributed by atoms with van der Waals surface area (Å²) in [7, 11) is 2.04. The minimum absolute atomic E-state index is 0.0506. The highest BCUT2D eigenvalue weighted by Crippen LogP contribution is 2.25. The lowest BCUT2D eigenvalue weighted by Crippen LogP contribution is -2.42. The zero-order valence-corrected chi connectivity index (χ0v) is 19.0. The molecule has 1 amide bonds. The molecule has 1 aliphatic heterocycles. The topological polar surface area (TPSA) is 74.5 Å². The number of para-hydroxylation sites is 1. The van der Waals surface area contributed by atoms with Gasteiger partial charge in [-0.05, 0) is 50.2 Å². The van der Waals surface area contributed by atoms with Crippen LogP contribution in [-0.2, 0) is 11.3 Å². The average Bonchev–Trinajstić information content (AvgIpc) is 3.28. The summed E-state index contributed by atoms with van der Waals surface area (Å²) in [6.07, 6.45) is 1.65. The number of nitrogens with zero attached hydrogens (tertiary/aromatic N) is 4. The zero-order valence-electron chi connectivity index (χ0n) is 18.2. The van der Waals surface area contributed by atoms with Crippen LogP contribution in [0.15, 0.2) is 59.1 Å². The first-order valence-corrected chi connectivity index (χ1v) is 11.3. The standard InChI is InChI=1S/C24H28ClN5O2/c1-29(19-7-3-2-4-8-19)16-13-26-24(31)18-11-14-30(15-12-18)17-22-27-23(28-32-22)20-9-5-6-10-21(20)25/h2-10,18H,11-17H2,1H3,(H,26,31). The lowest BCUT2D eigenvalue weighted by molar-refractivity contribution is -0.126. The highest BCUT2D eigenvalue weighted by Gasteiger charge is 2.26. The molecule has 0 bridgehead atoms. The second-order valence-electron chi connectivity index (χ2n) is 8.09. The van der Waals surface area contributed by atoms with Crippen molar-refractivity contribution < 1.29 is 9.32 Å². The molecular weight excluding hydrogens is 426 g/mol. The van der Waals surface area contributed by atoms with Gasteiger partial charge in [0, 0.05) is 37.3 Å². The Morgan fingerprint density at radius 1 is 1.16 bits per heavy atom. The van der Waals surface area contributed by atoms with Crippen molar-refractivity contribution in [3.05, 3.63) is 65.5 Å². The molecular formula is C24H28ClN5O2. The molecule has 0 atom stereocenters. The van der Waals surface area contributed by atoms with E-state index >= 15 is 0 Å². The maximum atomic E-state index is 12.6. The fourth-order valence-electron chi connectivity index (χ4n) is 3.92. The summed E-state index contributed by atoms with van der Waals surface area (Å²) in [6.45, 7) is 3.64. The molecule has 0 unspecified atom stereocenters. The Balaban J connectivity index is 1.20. The van der Waals surface area contributed by atoms with E-state index in [1.165, 1.54) is 0 Å². The van der Waals surface area contributed by atoms with Crippen molar-refractivity contribution in [2.75, 3.05) is 38.1 Å². The average molecular weight is 454 g/mol. The predicted molar refractivity (Wildman–Crippen MR) is 125 cm³/mol. The molecule has 1 saturated heterocycles. The minimum Gasteiger partial charge on any atom is -0.373 e. The van der Waals surface area contributed by atoms with Crippen molar-refractivity contribution in [1.29, 1.82) is 0 Å². The van der Waals surface area contributed by atoms with Crippen LogP contribution in [0.5, 0.6) is 0 Å². The molecule has 1 aromatic heterocycles. The fraction of sp³-hybridized carbons (Fsp3) is 0.375. The van der Waals surface area contributed by atoms with Crippen LogP contribution >= 0.6 is 11.6 Å². The van der Waals surface area contributed by atoms with Gasteiger partial charge >= 0.3 is 0 Å². The number of hydrogen-bond donors (Lipinski definition) is 1. The lowest BCUT2D eigenvalue weighted by Gasteiger charge is -2.30. The van der Waals surface area contributed by atoms with Gasteiger partial charge in [0.2, 0.25) is 17.6 Å². The van der Waals surface area contributed by atoms with Crippen LogP contribution < -0.4 is 10.2 Å². The number of aromatic nitrogens is 2. The van der Waals surface area contributed by atoms with Crippen molar-refractivity contribution in [1.82, 2.24) is 20.4 Å². The van der Waals surface area contributed by atoms with E-state index in [9.17, 15) is 4.79 Å². The monoisotopic (exact) mass is 453 g/mol. The van der Waals surface area contributed by atoms with Crippen molar-refractivity contribution in [3.63, 3.8) is 0 Å². The summed E-state index contributed by atoms with van der Waals surface area (Å²) in [6, 6.07) is 17.6. The first-order chi connectivity index (χ1) is 15.6. The van der Waals surface area contributed by atoms with Crippen molar-refractivity contribution in [2.45, 2.75) is 19.4 Å². The Morgan fingerprint density at radius 2 is 1.88 bits per heavy atom. The molecule has 168 valence electrons. The number of carbonyl (C=O) groups excluding carboxylic acids is 1. The Hall–Kier alpha value is -2.90. The third kappa shape index (κ3) is 5.66. The highest BCUT2D eigenvalue weighted by atomic mass is 35.5. The number of likely N-dealkylation sites (tertiary alicyclic amines) is 1. The molecule has 32 heavy (non-hydrogen) atoms. The summed E-state index contributed by atoms with van der Waals surface area (Å²) in [5.41, 5.74) is 1.91. The molecule has 0 spiro atoms. The summed E-state index contributed by atoms with van der Waals surface area (Å²) in [5, 5.41) is 7.75. The van der Waals surface area contributed by atoms with Gasteiger partial charge in [-0.1, -0.05) is 47.1 Å². The Bertz CT molecular complexity index is 1020. The first kappa shape index (κ1) is 22.3. The second kappa shape index (κ2) is 10.6. The van der Waals surface area contributed by atoms with Crippen LogP contribution in [0.25, 0.3) is 11.4 Å². The van der Waals surface area contributed by atoms with Crippen LogP contribution in [0.1, 0.15) is 18.7 Å². The highest BCUT2D eigenvalue weighted by molar-refractivity contribution is 6.33. The lowest BCUT2D eigenvalue weighted by atomic mass is 9.96. The van der Waals surface area contributed by atoms with E-state index in [4.69, 9.17) is 16.1 Å². The Morgan fingerprint density at radius 3 is 2.62 bits per heavy atom. The Kier molecular flexibility index (Phi) is 7.39. The fourth-order valence-corrected chi connectivity index (χ4v) is 4.14. The second-order valence-corrected chi connectivity index (χ2v) is 8.50. The summed E-state index contributed by atoms with van der Waals surface area (Å²) in [5.74, 6) is 1.26. The van der Waals surface area contributed by atoms with E-state index in [0.29, 0.717) is 29.8 Å². The number of rotatable bonds is 8. The SMILES string of the molecule is CN(CCNC(=O)C1CCN(Cc2nc(-c3ccccc3Cl)no2)CC1)c1ccccc1. The number of benzene rings is 2. The van der Waals surface area contributed by atoms with E-state index in [-0.39, 0.29) is 11.8 Å². The maximum absolute atomic E-state index is 12.6. The van der Waals surface area contributed by atoms with E-state index in [1.807, 2.05) is 49.5 Å². The van der Waals surface area contributed by atoms with E-state index < -0.39 is 0 Å². The number of halogens is 1. The van der Waals surface area contributed by atoms with Gasteiger partial charge in [0.05, 0.1) is 11.6 Å². The summed E-state index contributed by atoms with van der Waals surface area (Å²) in [4.78, 5) is 21.4. The molecule has 8 heteroatoms. The molecule has 2 heterocycles. The summed E-state index contributed by atoms with van der Waals surface area (Å²) >= 11 is 6.22. The zero-order chi connectivity index (χ0) is 22.3. The third-order valence-corrected chi connectivity index (χ3v) is 6.17. The van der Waals surface area contributed by atoms with Crippen molar-refractivity contribution >= 4 is 23.2 Å². The predicted octanol–water partition coefficient (Wildman–Crippen LogP) is 3.85. The van der Waals surface area contributed by atoms with Gasteiger partial charge in [0.1, 0.15) is 0 Å². The minimum atomic E-state index is 0.0506. The number of hydrogen-bond acceptors (Lipinski definition) is 6. The van der Waals surface area contributed by atoms with Gasteiger partial charge in [0.15, 0.2) is 0 Å². The molecule has 7 nitrogen and oxygen atoms in total. The molecule has 1 N–H and O–H groups in total. The van der Waals surface area contributed by atoms with Crippen molar-refractivity contribution in [3.8, 4) is 11.4 Å². The smallest absolute Gasteiger partial charge is 0.241 e. The van der Waals surface area contributed by atoms with Gasteiger partial charge in [0.25, 0.3) is 0 Å². The molecule has 1 fully saturated rings. The molecule has 1 aliphatic rings. The van der Waals surface area contributed by atoms with E-state index in [1.54, 1.807) is 0 Å². The van der Waals surface area contributed by atoms with E-state index in [2.05, 4.69) is 37.4 Å². The molecule has 0 saturated carbocycles. The number of anilines is 1. The molecule has 4 rings (SSSR count). The number of likely N-dealkylation sites (N-methyl/N-ethyl adjacent to an activating group) is 1. The van der Waals surface area contributed by atoms with Crippen LogP contribution in [0.4, 0.5) is 5.69 Å². The first-order valence-electron chi connectivity index (χ1n) is 10.9. The number of piperidine rings is 1. The molecule has 2 aromatic carbocycles. The normalized spacial score (nSPS) is 14.9.